The van der Waals surface area contributed by atoms with Gasteiger partial charge >= 0.3 is 0 Å². The number of hydrogen-bond donors (Lipinski definition) is 0. The average Bonchev–Trinajstić information content (AvgIpc) is 3.21. The van der Waals surface area contributed by atoms with Crippen molar-refractivity contribution in [3.8, 4) is 67.7 Å². The topological polar surface area (TPSA) is 51.6 Å². The smallest absolute Gasteiger partial charge is 0.164 e. The normalized spacial score (nSPS) is 11.2. The fraction of sp³-hybridized carbons (Fsp3) is 0. The molecular weight excluding hydrogens is 609 g/mol. The first-order valence-corrected chi connectivity index (χ1v) is 16.7. The predicted molar refractivity (Wildman–Crippen MR) is 205 cm³/mol. The lowest BCUT2D eigenvalue weighted by atomic mass is 9.92. The molecule has 234 valence electrons. The van der Waals surface area contributed by atoms with E-state index < -0.39 is 0 Å². The quantitative estimate of drug-likeness (QED) is 0.170. The van der Waals surface area contributed by atoms with Gasteiger partial charge in [-0.1, -0.05) is 146 Å². The van der Waals surface area contributed by atoms with Crippen LogP contribution < -0.4 is 0 Å². The summed E-state index contributed by atoms with van der Waals surface area (Å²) in [6.45, 7) is 0. The van der Waals surface area contributed by atoms with E-state index in [4.69, 9.17) is 19.9 Å². The molecule has 4 heteroatoms. The van der Waals surface area contributed by atoms with E-state index in [9.17, 15) is 0 Å². The molecule has 2 aromatic heterocycles. The summed E-state index contributed by atoms with van der Waals surface area (Å²) in [5.41, 5.74) is 9.09. The summed E-state index contributed by atoms with van der Waals surface area (Å²) in [6.07, 6.45) is 1.91. The Hall–Kier alpha value is -6.78. The van der Waals surface area contributed by atoms with Crippen molar-refractivity contribution in [2.75, 3.05) is 0 Å². The summed E-state index contributed by atoms with van der Waals surface area (Å²) in [7, 11) is 0. The molecule has 50 heavy (non-hydrogen) atoms. The van der Waals surface area contributed by atoms with Crippen molar-refractivity contribution in [3.63, 3.8) is 0 Å². The van der Waals surface area contributed by atoms with E-state index in [1.54, 1.807) is 0 Å². The van der Waals surface area contributed by atoms with Crippen molar-refractivity contribution in [2.24, 2.45) is 0 Å². The fourth-order valence-corrected chi connectivity index (χ4v) is 6.73. The predicted octanol–water partition coefficient (Wildman–Crippen LogP) is 11.6. The monoisotopic (exact) mass is 638 g/mol. The molecule has 0 fully saturated rings. The van der Waals surface area contributed by atoms with E-state index >= 15 is 0 Å². The first-order chi connectivity index (χ1) is 24.8. The van der Waals surface area contributed by atoms with E-state index in [1.807, 2.05) is 72.9 Å². The van der Waals surface area contributed by atoms with Gasteiger partial charge in [0.2, 0.25) is 0 Å². The highest BCUT2D eigenvalue weighted by Gasteiger charge is 2.18. The molecule has 9 rings (SSSR count). The van der Waals surface area contributed by atoms with Gasteiger partial charge in [-0.15, -0.1) is 0 Å². The third-order valence-corrected chi connectivity index (χ3v) is 9.18. The van der Waals surface area contributed by atoms with Crippen LogP contribution in [0.1, 0.15) is 0 Å². The summed E-state index contributed by atoms with van der Waals surface area (Å²) in [4.78, 5) is 20.1. The SMILES string of the molecule is c1ccc(-c2ccc(-c3nc(-c4ccccc4)nc(-c4ccccc4)n3)c(-c3ccnc(-c4cc5ccccc5c5ccccc45)c3)c2)cc1. The molecule has 0 saturated heterocycles. The molecule has 0 saturated carbocycles. The Bertz CT molecular complexity index is 2580. The van der Waals surface area contributed by atoms with E-state index in [0.717, 1.165) is 50.2 Å². The van der Waals surface area contributed by atoms with Gasteiger partial charge < -0.3 is 0 Å². The maximum absolute atomic E-state index is 5.11. The van der Waals surface area contributed by atoms with Crippen molar-refractivity contribution >= 4 is 21.5 Å². The average molecular weight is 639 g/mol. The minimum absolute atomic E-state index is 0.613. The van der Waals surface area contributed by atoms with Crippen LogP contribution in [-0.4, -0.2) is 19.9 Å². The zero-order valence-corrected chi connectivity index (χ0v) is 27.1. The minimum Gasteiger partial charge on any atom is -0.256 e. The Morgan fingerprint density at radius 1 is 0.300 bits per heavy atom. The summed E-state index contributed by atoms with van der Waals surface area (Å²) >= 11 is 0. The van der Waals surface area contributed by atoms with Crippen LogP contribution in [0.5, 0.6) is 0 Å². The standard InChI is InChI=1S/C46H30N4/c1-4-14-31(15-5-1)34-24-25-40(46-49-44(32-16-6-2-7-17-32)48-45(50-46)33-18-8-3-9-19-33)41(28-34)36-26-27-47-43(30-36)42-29-35-20-10-11-21-37(35)38-22-12-13-23-39(38)42/h1-30H. The number of aromatic nitrogens is 4. The number of nitrogens with zero attached hydrogens (tertiary/aromatic N) is 4. The fourth-order valence-electron chi connectivity index (χ4n) is 6.73. The molecular formula is C46H30N4. The highest BCUT2D eigenvalue weighted by atomic mass is 15.0. The zero-order chi connectivity index (χ0) is 33.3. The molecule has 0 N–H and O–H groups in total. The van der Waals surface area contributed by atoms with E-state index in [1.165, 1.54) is 21.5 Å². The molecule has 0 spiro atoms. The van der Waals surface area contributed by atoms with Gasteiger partial charge in [0, 0.05) is 28.5 Å². The highest BCUT2D eigenvalue weighted by molar-refractivity contribution is 6.13. The second-order valence-electron chi connectivity index (χ2n) is 12.3. The van der Waals surface area contributed by atoms with E-state index in [-0.39, 0.29) is 0 Å². The summed E-state index contributed by atoms with van der Waals surface area (Å²) in [6, 6.07) is 60.9. The Labute approximate surface area is 290 Å². The molecule has 0 bridgehead atoms. The number of fused-ring (bicyclic) bond motifs is 3. The van der Waals surface area contributed by atoms with Crippen LogP contribution >= 0.6 is 0 Å². The lowest BCUT2D eigenvalue weighted by Gasteiger charge is -2.15. The Balaban J connectivity index is 1.27. The van der Waals surface area contributed by atoms with Crippen molar-refractivity contribution in [1.82, 2.24) is 19.9 Å². The summed E-state index contributed by atoms with van der Waals surface area (Å²) in [5, 5.41) is 4.81. The largest absolute Gasteiger partial charge is 0.256 e. The number of rotatable bonds is 6. The van der Waals surface area contributed by atoms with Crippen molar-refractivity contribution in [2.45, 2.75) is 0 Å². The van der Waals surface area contributed by atoms with Crippen LogP contribution in [0, 0.1) is 0 Å². The molecule has 2 heterocycles. The third-order valence-electron chi connectivity index (χ3n) is 9.18. The summed E-state index contributed by atoms with van der Waals surface area (Å²) < 4.78 is 0. The molecule has 9 aromatic rings. The maximum Gasteiger partial charge on any atom is 0.164 e. The van der Waals surface area contributed by atoms with Gasteiger partial charge in [-0.25, -0.2) is 15.0 Å². The molecule has 0 aliphatic heterocycles. The molecule has 0 atom stereocenters. The van der Waals surface area contributed by atoms with Crippen LogP contribution in [0.3, 0.4) is 0 Å². The van der Waals surface area contributed by atoms with Crippen LogP contribution in [-0.2, 0) is 0 Å². The van der Waals surface area contributed by atoms with E-state index in [0.29, 0.717) is 17.5 Å². The van der Waals surface area contributed by atoms with Crippen LogP contribution in [0.25, 0.3) is 89.2 Å². The van der Waals surface area contributed by atoms with Gasteiger partial charge in [0.1, 0.15) is 0 Å². The summed E-state index contributed by atoms with van der Waals surface area (Å²) in [5.74, 6) is 1.87. The Kier molecular flexibility index (Phi) is 7.45. The lowest BCUT2D eigenvalue weighted by molar-refractivity contribution is 1.07. The van der Waals surface area contributed by atoms with E-state index in [2.05, 4.69) is 109 Å². The molecule has 4 nitrogen and oxygen atoms in total. The third kappa shape index (κ3) is 5.49. The van der Waals surface area contributed by atoms with Gasteiger partial charge in [-0.3, -0.25) is 4.98 Å². The molecule has 0 unspecified atom stereocenters. The second kappa shape index (κ2) is 12.7. The van der Waals surface area contributed by atoms with Gasteiger partial charge in [0.05, 0.1) is 5.69 Å². The number of benzene rings is 7. The molecule has 0 aliphatic rings. The first-order valence-electron chi connectivity index (χ1n) is 16.7. The van der Waals surface area contributed by atoms with Gasteiger partial charge in [0.25, 0.3) is 0 Å². The van der Waals surface area contributed by atoms with Gasteiger partial charge in [0.15, 0.2) is 17.5 Å². The molecule has 0 radical (unpaired) electrons. The van der Waals surface area contributed by atoms with Crippen molar-refractivity contribution < 1.29 is 0 Å². The van der Waals surface area contributed by atoms with Crippen LogP contribution in [0.2, 0.25) is 0 Å². The molecule has 0 amide bonds. The first kappa shape index (κ1) is 29.4. The van der Waals surface area contributed by atoms with Crippen LogP contribution in [0.4, 0.5) is 0 Å². The number of pyridine rings is 1. The van der Waals surface area contributed by atoms with Crippen molar-refractivity contribution in [3.05, 3.63) is 182 Å². The highest BCUT2D eigenvalue weighted by Crippen LogP contribution is 2.39. The number of hydrogen-bond acceptors (Lipinski definition) is 4. The van der Waals surface area contributed by atoms with Crippen molar-refractivity contribution in [1.29, 1.82) is 0 Å². The Morgan fingerprint density at radius 3 is 1.54 bits per heavy atom. The second-order valence-corrected chi connectivity index (χ2v) is 12.3. The molecule has 0 aliphatic carbocycles. The van der Waals surface area contributed by atoms with Gasteiger partial charge in [-0.05, 0) is 74.1 Å². The minimum atomic E-state index is 0.613. The van der Waals surface area contributed by atoms with Crippen LogP contribution in [0.15, 0.2) is 182 Å². The lowest BCUT2D eigenvalue weighted by Crippen LogP contribution is -2.01. The molecule has 7 aromatic carbocycles. The van der Waals surface area contributed by atoms with Gasteiger partial charge in [-0.2, -0.15) is 0 Å². The maximum atomic E-state index is 5.11. The zero-order valence-electron chi connectivity index (χ0n) is 27.1. The Morgan fingerprint density at radius 2 is 0.860 bits per heavy atom.